The van der Waals surface area contributed by atoms with E-state index in [-0.39, 0.29) is 5.84 Å². The molecule has 1 aromatic rings. The van der Waals surface area contributed by atoms with Crippen LogP contribution in [0.25, 0.3) is 0 Å². The van der Waals surface area contributed by atoms with Crippen molar-refractivity contribution in [2.45, 2.75) is 25.8 Å². The van der Waals surface area contributed by atoms with Gasteiger partial charge in [0.15, 0.2) is 5.82 Å². The Morgan fingerprint density at radius 2 is 2.21 bits per heavy atom. The van der Waals surface area contributed by atoms with Gasteiger partial charge in [0, 0.05) is 26.2 Å². The highest BCUT2D eigenvalue weighted by Gasteiger charge is 2.24. The van der Waals surface area contributed by atoms with Crippen LogP contribution in [0.5, 0.6) is 0 Å². The van der Waals surface area contributed by atoms with Gasteiger partial charge in [-0.3, -0.25) is 5.41 Å². The average Bonchev–Trinajstić information content (AvgIpc) is 2.46. The lowest BCUT2D eigenvalue weighted by Gasteiger charge is -2.37. The maximum Gasteiger partial charge on any atom is 0.162 e. The molecule has 1 aliphatic rings. The number of nitrogen functional groups attached to an aromatic ring is 1. The molecule has 1 aliphatic heterocycles. The van der Waals surface area contributed by atoms with Gasteiger partial charge in [0.25, 0.3) is 0 Å². The summed E-state index contributed by atoms with van der Waals surface area (Å²) in [6, 6.07) is 2.19. The van der Waals surface area contributed by atoms with E-state index >= 15 is 0 Å². The van der Waals surface area contributed by atoms with Crippen LogP contribution in [0.15, 0.2) is 12.3 Å². The van der Waals surface area contributed by atoms with Crippen molar-refractivity contribution in [3.05, 3.63) is 17.8 Å². The molecule has 6 heteroatoms. The summed E-state index contributed by atoms with van der Waals surface area (Å²) in [5.41, 5.74) is 6.27. The fourth-order valence-corrected chi connectivity index (χ4v) is 2.59. The van der Waals surface area contributed by atoms with Crippen LogP contribution in [0, 0.1) is 5.41 Å². The van der Waals surface area contributed by atoms with Crippen LogP contribution in [0.2, 0.25) is 0 Å². The molecule has 0 aromatic carbocycles. The summed E-state index contributed by atoms with van der Waals surface area (Å²) < 4.78 is 0. The first-order chi connectivity index (χ1) is 9.13. The number of hydrogen-bond donors (Lipinski definition) is 2. The summed E-state index contributed by atoms with van der Waals surface area (Å²) in [4.78, 5) is 4.57. The summed E-state index contributed by atoms with van der Waals surface area (Å²) >= 11 is 0. The highest BCUT2D eigenvalue weighted by atomic mass is 15.3. The van der Waals surface area contributed by atoms with Crippen LogP contribution < -0.4 is 10.6 Å². The second kappa shape index (κ2) is 5.97. The largest absolute Gasteiger partial charge is 0.384 e. The van der Waals surface area contributed by atoms with Gasteiger partial charge in [0.2, 0.25) is 0 Å². The first-order valence-electron chi connectivity index (χ1n) is 6.74. The Hall–Kier alpha value is -1.69. The Morgan fingerprint density at radius 1 is 1.53 bits per heavy atom. The van der Waals surface area contributed by atoms with Crippen LogP contribution in [0.1, 0.15) is 25.3 Å². The number of nitrogens with one attached hydrogen (secondary N) is 1. The van der Waals surface area contributed by atoms with Crippen LogP contribution in [-0.4, -0.2) is 53.7 Å². The van der Waals surface area contributed by atoms with Gasteiger partial charge in [-0.05, 0) is 25.5 Å². The van der Waals surface area contributed by atoms with Gasteiger partial charge in [-0.1, -0.05) is 6.92 Å². The number of nitrogens with two attached hydrogens (primary N) is 1. The van der Waals surface area contributed by atoms with E-state index in [0.29, 0.717) is 17.4 Å². The summed E-state index contributed by atoms with van der Waals surface area (Å²) in [5, 5.41) is 15.7. The van der Waals surface area contributed by atoms with Crippen molar-refractivity contribution in [2.75, 3.05) is 31.6 Å². The maximum absolute atomic E-state index is 7.62. The zero-order chi connectivity index (χ0) is 13.8. The molecule has 104 valence electrons. The van der Waals surface area contributed by atoms with Crippen molar-refractivity contribution in [3.8, 4) is 0 Å². The van der Waals surface area contributed by atoms with Crippen molar-refractivity contribution >= 4 is 11.7 Å². The first-order valence-corrected chi connectivity index (χ1v) is 6.74. The molecule has 1 fully saturated rings. The molecule has 0 unspecified atom stereocenters. The molecule has 0 spiro atoms. The number of nitrogens with zero attached hydrogens (tertiary/aromatic N) is 4. The quantitative estimate of drug-likeness (QED) is 0.616. The van der Waals surface area contributed by atoms with Gasteiger partial charge in [0.1, 0.15) is 5.84 Å². The maximum atomic E-state index is 7.62. The molecule has 0 amide bonds. The summed E-state index contributed by atoms with van der Waals surface area (Å²) in [5.74, 6) is 0.757. The topological polar surface area (TPSA) is 82.1 Å². The molecular formula is C13H22N6. The zero-order valence-electron chi connectivity index (χ0n) is 11.6. The molecule has 0 atom stereocenters. The lowest BCUT2D eigenvalue weighted by atomic mass is 10.0. The van der Waals surface area contributed by atoms with Crippen LogP contribution in [0.3, 0.4) is 0 Å². The van der Waals surface area contributed by atoms with Gasteiger partial charge in [-0.25, -0.2) is 0 Å². The number of hydrogen-bond acceptors (Lipinski definition) is 5. The highest BCUT2D eigenvalue weighted by Crippen LogP contribution is 2.22. The minimum Gasteiger partial charge on any atom is -0.384 e. The summed E-state index contributed by atoms with van der Waals surface area (Å²) in [7, 11) is 2.02. The van der Waals surface area contributed by atoms with E-state index in [4.69, 9.17) is 11.1 Å². The molecule has 6 nitrogen and oxygen atoms in total. The van der Waals surface area contributed by atoms with Crippen LogP contribution >= 0.6 is 0 Å². The average molecular weight is 262 g/mol. The second-order valence-electron chi connectivity index (χ2n) is 4.96. The van der Waals surface area contributed by atoms with Crippen LogP contribution in [0.4, 0.5) is 5.82 Å². The molecule has 0 bridgehead atoms. The molecule has 3 N–H and O–H groups in total. The number of piperidine rings is 1. The predicted molar refractivity (Wildman–Crippen MR) is 76.6 cm³/mol. The third-order valence-corrected chi connectivity index (χ3v) is 3.88. The van der Waals surface area contributed by atoms with E-state index in [2.05, 4.69) is 26.9 Å². The lowest BCUT2D eigenvalue weighted by molar-refractivity contribution is 0.220. The van der Waals surface area contributed by atoms with E-state index in [1.807, 2.05) is 7.05 Å². The number of likely N-dealkylation sites (tertiary alicyclic amines) is 1. The molecule has 0 saturated carbocycles. The van der Waals surface area contributed by atoms with Gasteiger partial charge in [-0.15, -0.1) is 5.10 Å². The fraction of sp³-hybridized carbons (Fsp3) is 0.615. The van der Waals surface area contributed by atoms with Gasteiger partial charge in [0.05, 0.1) is 11.8 Å². The molecule has 2 heterocycles. The Labute approximate surface area is 114 Å². The van der Waals surface area contributed by atoms with Gasteiger partial charge >= 0.3 is 0 Å². The van der Waals surface area contributed by atoms with Crippen molar-refractivity contribution in [2.24, 2.45) is 5.73 Å². The monoisotopic (exact) mass is 262 g/mol. The van der Waals surface area contributed by atoms with E-state index in [9.17, 15) is 0 Å². The SMILES string of the molecule is CCN1CCC(N(C)c2nnccc2C(=N)N)CC1. The molecule has 19 heavy (non-hydrogen) atoms. The third-order valence-electron chi connectivity index (χ3n) is 3.88. The van der Waals surface area contributed by atoms with Crippen molar-refractivity contribution < 1.29 is 0 Å². The van der Waals surface area contributed by atoms with Crippen molar-refractivity contribution in [1.82, 2.24) is 15.1 Å². The molecular weight excluding hydrogens is 240 g/mol. The summed E-state index contributed by atoms with van der Waals surface area (Å²) in [6.45, 7) is 5.53. The molecule has 1 saturated heterocycles. The predicted octanol–water partition coefficient (Wildman–Crippen LogP) is 0.681. The van der Waals surface area contributed by atoms with Crippen molar-refractivity contribution in [3.63, 3.8) is 0 Å². The fourth-order valence-electron chi connectivity index (χ4n) is 2.59. The zero-order valence-corrected chi connectivity index (χ0v) is 11.6. The third kappa shape index (κ3) is 3.01. The van der Waals surface area contributed by atoms with E-state index in [1.54, 1.807) is 12.3 Å². The Balaban J connectivity index is 2.12. The highest BCUT2D eigenvalue weighted by molar-refractivity contribution is 5.99. The minimum absolute atomic E-state index is 0.0442. The van der Waals surface area contributed by atoms with E-state index < -0.39 is 0 Å². The Morgan fingerprint density at radius 3 is 2.79 bits per heavy atom. The Bertz CT molecular complexity index is 439. The number of anilines is 1. The Kier molecular flexibility index (Phi) is 4.31. The number of aromatic nitrogens is 2. The second-order valence-corrected chi connectivity index (χ2v) is 4.96. The number of amidine groups is 1. The normalized spacial score (nSPS) is 17.4. The molecule has 2 rings (SSSR count). The lowest BCUT2D eigenvalue weighted by Crippen LogP contribution is -2.44. The minimum atomic E-state index is 0.0442. The smallest absolute Gasteiger partial charge is 0.162 e. The summed E-state index contributed by atoms with van der Waals surface area (Å²) in [6.07, 6.45) is 3.80. The van der Waals surface area contributed by atoms with Crippen LogP contribution in [-0.2, 0) is 0 Å². The first kappa shape index (κ1) is 13.7. The van der Waals surface area contributed by atoms with Gasteiger partial charge < -0.3 is 15.5 Å². The van der Waals surface area contributed by atoms with Gasteiger partial charge in [-0.2, -0.15) is 5.10 Å². The van der Waals surface area contributed by atoms with Crippen molar-refractivity contribution in [1.29, 1.82) is 5.41 Å². The number of rotatable bonds is 4. The van der Waals surface area contributed by atoms with E-state index in [0.717, 1.165) is 32.5 Å². The van der Waals surface area contributed by atoms with E-state index in [1.165, 1.54) is 0 Å². The standard InChI is InChI=1S/C13H22N6/c1-3-19-8-5-10(6-9-19)18(2)13-11(12(14)15)4-7-16-17-13/h4,7,10H,3,5-6,8-9H2,1-2H3,(H3,14,15). The molecule has 0 radical (unpaired) electrons. The molecule has 1 aromatic heterocycles. The molecule has 0 aliphatic carbocycles.